The van der Waals surface area contributed by atoms with Crippen LogP contribution in [0.25, 0.3) is 0 Å². The van der Waals surface area contributed by atoms with Crippen LogP contribution in [0, 0.1) is 6.92 Å². The SMILES string of the molecule is Cc1ccc2c(c1)[C@@H](NC(=O)c1ncc[nH]1)CC(C)(C)O2. The maximum atomic E-state index is 12.2. The molecule has 1 aromatic heterocycles. The monoisotopic (exact) mass is 285 g/mol. The van der Waals surface area contributed by atoms with Crippen molar-refractivity contribution in [3.05, 3.63) is 47.5 Å². The average Bonchev–Trinajstić information content (AvgIpc) is 2.93. The van der Waals surface area contributed by atoms with E-state index in [2.05, 4.69) is 21.4 Å². The molecule has 3 rings (SSSR count). The number of imidazole rings is 1. The lowest BCUT2D eigenvalue weighted by atomic mass is 9.89. The highest BCUT2D eigenvalue weighted by atomic mass is 16.5. The van der Waals surface area contributed by atoms with Crippen molar-refractivity contribution in [1.29, 1.82) is 0 Å². The Balaban J connectivity index is 1.91. The van der Waals surface area contributed by atoms with Gasteiger partial charge in [-0.3, -0.25) is 4.79 Å². The molecule has 0 bridgehead atoms. The van der Waals surface area contributed by atoms with Gasteiger partial charge in [0.2, 0.25) is 0 Å². The van der Waals surface area contributed by atoms with Crippen LogP contribution in [0.5, 0.6) is 5.75 Å². The number of hydrogen-bond donors (Lipinski definition) is 2. The van der Waals surface area contributed by atoms with Gasteiger partial charge in [0.25, 0.3) is 5.91 Å². The van der Waals surface area contributed by atoms with Crippen LogP contribution in [-0.2, 0) is 0 Å². The predicted molar refractivity (Wildman–Crippen MR) is 79.3 cm³/mol. The Morgan fingerprint density at radius 1 is 1.48 bits per heavy atom. The molecule has 1 aliphatic heterocycles. The predicted octanol–water partition coefficient (Wildman–Crippen LogP) is 2.75. The van der Waals surface area contributed by atoms with E-state index in [-0.39, 0.29) is 17.6 Å². The molecule has 21 heavy (non-hydrogen) atoms. The Labute approximate surface area is 123 Å². The van der Waals surface area contributed by atoms with Gasteiger partial charge in [0, 0.05) is 24.4 Å². The summed E-state index contributed by atoms with van der Waals surface area (Å²) < 4.78 is 6.00. The van der Waals surface area contributed by atoms with Crippen LogP contribution < -0.4 is 10.1 Å². The number of H-pyrrole nitrogens is 1. The highest BCUT2D eigenvalue weighted by molar-refractivity contribution is 5.90. The molecule has 1 aliphatic rings. The molecule has 0 fully saturated rings. The van der Waals surface area contributed by atoms with Crippen molar-refractivity contribution in [2.45, 2.75) is 38.8 Å². The number of amides is 1. The Morgan fingerprint density at radius 3 is 3.00 bits per heavy atom. The minimum atomic E-state index is -0.316. The third-order valence-corrected chi connectivity index (χ3v) is 3.64. The van der Waals surface area contributed by atoms with E-state index < -0.39 is 0 Å². The first kappa shape index (κ1) is 13.7. The molecule has 0 saturated heterocycles. The van der Waals surface area contributed by atoms with Crippen LogP contribution in [0.4, 0.5) is 0 Å². The minimum Gasteiger partial charge on any atom is -0.487 e. The molecule has 5 nitrogen and oxygen atoms in total. The summed E-state index contributed by atoms with van der Waals surface area (Å²) in [6, 6.07) is 5.97. The maximum absolute atomic E-state index is 12.2. The second-order valence-electron chi connectivity index (χ2n) is 6.07. The van der Waals surface area contributed by atoms with E-state index in [9.17, 15) is 4.79 Å². The number of rotatable bonds is 2. The highest BCUT2D eigenvalue weighted by Crippen LogP contribution is 2.39. The smallest absolute Gasteiger partial charge is 0.287 e. The molecule has 0 spiro atoms. The summed E-state index contributed by atoms with van der Waals surface area (Å²) in [6.45, 7) is 6.09. The number of carbonyl (C=O) groups is 1. The van der Waals surface area contributed by atoms with Gasteiger partial charge in [0.1, 0.15) is 11.4 Å². The topological polar surface area (TPSA) is 67.0 Å². The van der Waals surface area contributed by atoms with Gasteiger partial charge < -0.3 is 15.0 Å². The summed E-state index contributed by atoms with van der Waals surface area (Å²) in [6.07, 6.45) is 3.93. The Bertz CT molecular complexity index is 662. The number of aromatic amines is 1. The normalized spacial score (nSPS) is 19.5. The standard InChI is InChI=1S/C16H19N3O2/c1-10-4-5-13-11(8-10)12(9-16(2,3)21-13)19-15(20)14-17-6-7-18-14/h4-8,12H,9H2,1-3H3,(H,17,18)(H,19,20)/t12-/m0/s1. The lowest BCUT2D eigenvalue weighted by molar-refractivity contribution is 0.0616. The second kappa shape index (κ2) is 4.91. The third kappa shape index (κ3) is 2.77. The Hall–Kier alpha value is -2.30. The number of ether oxygens (including phenoxy) is 1. The van der Waals surface area contributed by atoms with Crippen LogP contribution in [0.1, 0.15) is 48.1 Å². The first-order chi connectivity index (χ1) is 9.94. The van der Waals surface area contributed by atoms with Crippen molar-refractivity contribution >= 4 is 5.91 Å². The van der Waals surface area contributed by atoms with Crippen LogP contribution in [0.15, 0.2) is 30.6 Å². The van der Waals surface area contributed by atoms with E-state index in [0.717, 1.165) is 23.3 Å². The highest BCUT2D eigenvalue weighted by Gasteiger charge is 2.34. The Morgan fingerprint density at radius 2 is 2.29 bits per heavy atom. The number of benzene rings is 1. The van der Waals surface area contributed by atoms with E-state index in [4.69, 9.17) is 4.74 Å². The molecular formula is C16H19N3O2. The molecule has 2 N–H and O–H groups in total. The quantitative estimate of drug-likeness (QED) is 0.891. The lowest BCUT2D eigenvalue weighted by Crippen LogP contribution is -2.41. The molecule has 0 saturated carbocycles. The molecular weight excluding hydrogens is 266 g/mol. The number of carbonyl (C=O) groups excluding carboxylic acids is 1. The fourth-order valence-electron chi connectivity index (χ4n) is 2.72. The molecule has 5 heteroatoms. The number of nitrogens with one attached hydrogen (secondary N) is 2. The van der Waals surface area contributed by atoms with Crippen molar-refractivity contribution < 1.29 is 9.53 Å². The zero-order valence-corrected chi connectivity index (χ0v) is 12.4. The van der Waals surface area contributed by atoms with Gasteiger partial charge in [0.05, 0.1) is 6.04 Å². The van der Waals surface area contributed by atoms with Crippen LogP contribution in [0.3, 0.4) is 0 Å². The molecule has 1 atom stereocenters. The van der Waals surface area contributed by atoms with Gasteiger partial charge in [-0.15, -0.1) is 0 Å². The van der Waals surface area contributed by atoms with Crippen LogP contribution in [-0.4, -0.2) is 21.5 Å². The molecule has 2 heterocycles. The van der Waals surface area contributed by atoms with Gasteiger partial charge >= 0.3 is 0 Å². The van der Waals surface area contributed by atoms with Gasteiger partial charge in [-0.05, 0) is 26.8 Å². The zero-order valence-electron chi connectivity index (χ0n) is 12.4. The van der Waals surface area contributed by atoms with Crippen molar-refractivity contribution in [2.24, 2.45) is 0 Å². The summed E-state index contributed by atoms with van der Waals surface area (Å²) in [5.41, 5.74) is 1.85. The van der Waals surface area contributed by atoms with Crippen molar-refractivity contribution in [3.8, 4) is 5.75 Å². The molecule has 1 aromatic carbocycles. The van der Waals surface area contributed by atoms with Gasteiger partial charge in [-0.2, -0.15) is 0 Å². The molecule has 1 amide bonds. The summed E-state index contributed by atoms with van der Waals surface area (Å²) in [5, 5.41) is 3.05. The summed E-state index contributed by atoms with van der Waals surface area (Å²) in [4.78, 5) is 19.1. The van der Waals surface area contributed by atoms with Gasteiger partial charge in [-0.1, -0.05) is 17.7 Å². The van der Waals surface area contributed by atoms with E-state index in [1.165, 1.54) is 0 Å². The van der Waals surface area contributed by atoms with Crippen molar-refractivity contribution in [2.75, 3.05) is 0 Å². The first-order valence-corrected chi connectivity index (χ1v) is 7.04. The number of nitrogens with zero attached hydrogens (tertiary/aromatic N) is 1. The molecule has 0 radical (unpaired) electrons. The van der Waals surface area contributed by atoms with E-state index >= 15 is 0 Å². The first-order valence-electron chi connectivity index (χ1n) is 7.04. The maximum Gasteiger partial charge on any atom is 0.287 e. The van der Waals surface area contributed by atoms with Crippen LogP contribution in [0.2, 0.25) is 0 Å². The third-order valence-electron chi connectivity index (χ3n) is 3.64. The van der Waals surface area contributed by atoms with E-state index in [0.29, 0.717) is 5.82 Å². The number of aromatic nitrogens is 2. The van der Waals surface area contributed by atoms with Crippen molar-refractivity contribution in [1.82, 2.24) is 15.3 Å². The van der Waals surface area contributed by atoms with E-state index in [1.54, 1.807) is 12.4 Å². The van der Waals surface area contributed by atoms with E-state index in [1.807, 2.05) is 32.9 Å². The number of hydrogen-bond acceptors (Lipinski definition) is 3. The summed E-state index contributed by atoms with van der Waals surface area (Å²) in [5.74, 6) is 0.963. The Kier molecular flexibility index (Phi) is 3.20. The largest absolute Gasteiger partial charge is 0.487 e. The molecule has 0 aliphatic carbocycles. The molecule has 2 aromatic rings. The molecule has 0 unspecified atom stereocenters. The lowest BCUT2D eigenvalue weighted by Gasteiger charge is -2.38. The number of fused-ring (bicyclic) bond motifs is 1. The summed E-state index contributed by atoms with van der Waals surface area (Å²) >= 11 is 0. The summed E-state index contributed by atoms with van der Waals surface area (Å²) in [7, 11) is 0. The average molecular weight is 285 g/mol. The van der Waals surface area contributed by atoms with Gasteiger partial charge in [0.15, 0.2) is 5.82 Å². The second-order valence-corrected chi connectivity index (χ2v) is 6.07. The molecule has 110 valence electrons. The zero-order chi connectivity index (χ0) is 15.0. The van der Waals surface area contributed by atoms with Crippen LogP contribution >= 0.6 is 0 Å². The minimum absolute atomic E-state index is 0.0822. The number of aryl methyl sites for hydroxylation is 1. The fraction of sp³-hybridized carbons (Fsp3) is 0.375. The fourth-order valence-corrected chi connectivity index (χ4v) is 2.72. The van der Waals surface area contributed by atoms with Gasteiger partial charge in [-0.25, -0.2) is 4.98 Å². The van der Waals surface area contributed by atoms with Crippen molar-refractivity contribution in [3.63, 3.8) is 0 Å².